The molecule has 0 amide bonds. The molecule has 0 saturated heterocycles. The smallest absolute Gasteiger partial charge is 0.118 e. The van der Waals surface area contributed by atoms with Crippen LogP contribution in [0, 0.1) is 0 Å². The molecule has 0 spiro atoms. The van der Waals surface area contributed by atoms with Gasteiger partial charge in [-0.2, -0.15) is 0 Å². The van der Waals surface area contributed by atoms with E-state index in [9.17, 15) is 0 Å². The summed E-state index contributed by atoms with van der Waals surface area (Å²) < 4.78 is 5.14. The molecule has 0 aliphatic carbocycles. The van der Waals surface area contributed by atoms with Gasteiger partial charge in [0.2, 0.25) is 0 Å². The predicted molar refractivity (Wildman–Crippen MR) is 80.2 cm³/mol. The highest BCUT2D eigenvalue weighted by Crippen LogP contribution is 2.12. The van der Waals surface area contributed by atoms with Crippen molar-refractivity contribution in [2.75, 3.05) is 20.2 Å². The molecule has 2 N–H and O–H groups in total. The minimum absolute atomic E-state index is 0.449. The second-order valence-corrected chi connectivity index (χ2v) is 5.15. The Bertz CT molecular complexity index is 376. The average molecular weight is 266 g/mol. The van der Waals surface area contributed by atoms with Crippen LogP contribution >= 0.6 is 12.2 Å². The van der Waals surface area contributed by atoms with Gasteiger partial charge < -0.3 is 10.5 Å². The van der Waals surface area contributed by atoms with Crippen LogP contribution in [0.25, 0.3) is 0 Å². The van der Waals surface area contributed by atoms with E-state index < -0.39 is 0 Å². The van der Waals surface area contributed by atoms with Crippen LogP contribution in [0.1, 0.15) is 19.4 Å². The van der Waals surface area contributed by atoms with Crippen LogP contribution in [0.15, 0.2) is 24.3 Å². The highest BCUT2D eigenvalue weighted by Gasteiger charge is 2.10. The SMILES string of the molecule is COc1ccc(CCN(CC(N)=S)C(C)C)cc1. The van der Waals surface area contributed by atoms with E-state index in [4.69, 9.17) is 22.7 Å². The van der Waals surface area contributed by atoms with Crippen molar-refractivity contribution in [2.45, 2.75) is 26.3 Å². The zero-order chi connectivity index (χ0) is 13.5. The fraction of sp³-hybridized carbons (Fsp3) is 0.500. The molecule has 0 heterocycles. The van der Waals surface area contributed by atoms with Gasteiger partial charge in [-0.05, 0) is 38.0 Å². The number of hydrogen-bond acceptors (Lipinski definition) is 3. The molecule has 0 radical (unpaired) electrons. The first-order valence-electron chi connectivity index (χ1n) is 6.18. The van der Waals surface area contributed by atoms with Crippen LogP contribution in [0.3, 0.4) is 0 Å². The van der Waals surface area contributed by atoms with Gasteiger partial charge in [0.25, 0.3) is 0 Å². The van der Waals surface area contributed by atoms with Gasteiger partial charge >= 0.3 is 0 Å². The van der Waals surface area contributed by atoms with E-state index >= 15 is 0 Å². The van der Waals surface area contributed by atoms with Crippen LogP contribution in [-0.4, -0.2) is 36.1 Å². The first-order chi connectivity index (χ1) is 8.52. The summed E-state index contributed by atoms with van der Waals surface area (Å²) in [5.41, 5.74) is 6.91. The molecule has 0 unspecified atom stereocenters. The van der Waals surface area contributed by atoms with Crippen molar-refractivity contribution in [1.82, 2.24) is 4.90 Å². The maximum absolute atomic E-state index is 5.61. The Morgan fingerprint density at radius 2 is 1.94 bits per heavy atom. The maximum Gasteiger partial charge on any atom is 0.118 e. The van der Waals surface area contributed by atoms with Crippen molar-refractivity contribution in [1.29, 1.82) is 0 Å². The molecule has 0 aliphatic rings. The molecule has 1 aromatic carbocycles. The molecule has 3 nitrogen and oxygen atoms in total. The number of rotatable bonds is 7. The van der Waals surface area contributed by atoms with Gasteiger partial charge in [-0.1, -0.05) is 24.4 Å². The monoisotopic (exact) mass is 266 g/mol. The lowest BCUT2D eigenvalue weighted by Gasteiger charge is -2.25. The number of hydrogen-bond donors (Lipinski definition) is 1. The largest absolute Gasteiger partial charge is 0.497 e. The number of methoxy groups -OCH3 is 1. The summed E-state index contributed by atoms with van der Waals surface area (Å²) in [6.45, 7) is 5.96. The Labute approximate surface area is 115 Å². The molecule has 0 saturated carbocycles. The minimum atomic E-state index is 0.449. The fourth-order valence-electron chi connectivity index (χ4n) is 1.78. The van der Waals surface area contributed by atoms with Crippen molar-refractivity contribution in [3.63, 3.8) is 0 Å². The highest BCUT2D eigenvalue weighted by molar-refractivity contribution is 7.80. The van der Waals surface area contributed by atoms with Crippen LogP contribution in [0.5, 0.6) is 5.75 Å². The van der Waals surface area contributed by atoms with E-state index in [0.717, 1.165) is 18.7 Å². The summed E-state index contributed by atoms with van der Waals surface area (Å²) >= 11 is 4.97. The molecular formula is C14H22N2OS. The normalized spacial score (nSPS) is 10.9. The summed E-state index contributed by atoms with van der Waals surface area (Å²) in [5, 5.41) is 0. The molecule has 0 aromatic heterocycles. The van der Waals surface area contributed by atoms with Gasteiger partial charge in [0, 0.05) is 19.1 Å². The molecule has 1 rings (SSSR count). The van der Waals surface area contributed by atoms with Gasteiger partial charge in [0.15, 0.2) is 0 Å². The third-order valence-electron chi connectivity index (χ3n) is 2.94. The van der Waals surface area contributed by atoms with Crippen molar-refractivity contribution >= 4 is 17.2 Å². The lowest BCUT2D eigenvalue weighted by molar-refractivity contribution is 0.257. The van der Waals surface area contributed by atoms with Crippen LogP contribution in [-0.2, 0) is 6.42 Å². The van der Waals surface area contributed by atoms with Crippen LogP contribution in [0.2, 0.25) is 0 Å². The summed E-state index contributed by atoms with van der Waals surface area (Å²) in [7, 11) is 1.68. The van der Waals surface area contributed by atoms with E-state index in [-0.39, 0.29) is 0 Å². The van der Waals surface area contributed by atoms with Crippen molar-refractivity contribution in [2.24, 2.45) is 5.73 Å². The van der Waals surface area contributed by atoms with Gasteiger partial charge in [0.1, 0.15) is 5.75 Å². The molecule has 0 bridgehead atoms. The Morgan fingerprint density at radius 3 is 2.39 bits per heavy atom. The second-order valence-electron chi connectivity index (χ2n) is 4.63. The first kappa shape index (κ1) is 14.9. The molecule has 0 aliphatic heterocycles. The molecule has 4 heteroatoms. The van der Waals surface area contributed by atoms with E-state index in [0.29, 0.717) is 17.6 Å². The molecule has 18 heavy (non-hydrogen) atoms. The highest BCUT2D eigenvalue weighted by atomic mass is 32.1. The third-order valence-corrected chi connectivity index (χ3v) is 3.07. The number of nitrogens with two attached hydrogens (primary N) is 1. The van der Waals surface area contributed by atoms with E-state index in [2.05, 4.69) is 30.9 Å². The maximum atomic E-state index is 5.61. The Kier molecular flexibility index (Phi) is 6.09. The quantitative estimate of drug-likeness (QED) is 0.768. The number of thiocarbonyl (C=S) groups is 1. The number of ether oxygens (including phenoxy) is 1. The first-order valence-corrected chi connectivity index (χ1v) is 6.59. The summed E-state index contributed by atoms with van der Waals surface area (Å²) in [6.07, 6.45) is 0.991. The number of nitrogens with zero attached hydrogens (tertiary/aromatic N) is 1. The Balaban J connectivity index is 2.52. The molecule has 0 fully saturated rings. The van der Waals surface area contributed by atoms with E-state index in [1.165, 1.54) is 5.56 Å². The van der Waals surface area contributed by atoms with Crippen molar-refractivity contribution < 1.29 is 4.74 Å². The molecule has 1 aromatic rings. The third kappa shape index (κ3) is 5.02. The van der Waals surface area contributed by atoms with E-state index in [1.807, 2.05) is 12.1 Å². The fourth-order valence-corrected chi connectivity index (χ4v) is 1.95. The molecular weight excluding hydrogens is 244 g/mol. The Hall–Kier alpha value is -1.13. The van der Waals surface area contributed by atoms with E-state index in [1.54, 1.807) is 7.11 Å². The van der Waals surface area contributed by atoms with Gasteiger partial charge in [-0.3, -0.25) is 4.90 Å². The second kappa shape index (κ2) is 7.34. The minimum Gasteiger partial charge on any atom is -0.497 e. The average Bonchev–Trinajstić information content (AvgIpc) is 2.34. The summed E-state index contributed by atoms with van der Waals surface area (Å²) in [6, 6.07) is 8.62. The lowest BCUT2D eigenvalue weighted by Crippen LogP contribution is -2.39. The van der Waals surface area contributed by atoms with Gasteiger partial charge in [0.05, 0.1) is 12.1 Å². The van der Waals surface area contributed by atoms with Gasteiger partial charge in [-0.25, -0.2) is 0 Å². The molecule has 100 valence electrons. The zero-order valence-corrected chi connectivity index (χ0v) is 12.2. The zero-order valence-electron chi connectivity index (χ0n) is 11.3. The summed E-state index contributed by atoms with van der Waals surface area (Å²) in [5.74, 6) is 0.891. The summed E-state index contributed by atoms with van der Waals surface area (Å²) in [4.78, 5) is 2.84. The lowest BCUT2D eigenvalue weighted by atomic mass is 10.1. The Morgan fingerprint density at radius 1 is 1.33 bits per heavy atom. The van der Waals surface area contributed by atoms with Crippen molar-refractivity contribution in [3.05, 3.63) is 29.8 Å². The number of benzene rings is 1. The predicted octanol–water partition coefficient (Wildman–Crippen LogP) is 2.23. The van der Waals surface area contributed by atoms with Crippen molar-refractivity contribution in [3.8, 4) is 5.75 Å². The standard InChI is InChI=1S/C14H22N2OS/c1-11(2)16(10-14(15)18)9-8-12-4-6-13(17-3)7-5-12/h4-7,11H,8-10H2,1-3H3,(H2,15,18). The molecule has 0 atom stereocenters. The topological polar surface area (TPSA) is 38.5 Å². The van der Waals surface area contributed by atoms with Crippen LogP contribution < -0.4 is 10.5 Å². The van der Waals surface area contributed by atoms with Crippen LogP contribution in [0.4, 0.5) is 0 Å². The van der Waals surface area contributed by atoms with Gasteiger partial charge in [-0.15, -0.1) is 0 Å².